The third-order valence-corrected chi connectivity index (χ3v) is 6.47. The number of thiazole rings is 1. The molecule has 2 N–H and O–H groups in total. The van der Waals surface area contributed by atoms with Crippen molar-refractivity contribution in [2.24, 2.45) is 0 Å². The maximum Gasteiger partial charge on any atom is 0.254 e. The van der Waals surface area contributed by atoms with E-state index in [1.165, 1.54) is 17.5 Å². The fourth-order valence-electron chi connectivity index (χ4n) is 3.47. The molecule has 1 saturated heterocycles. The van der Waals surface area contributed by atoms with Gasteiger partial charge in [-0.25, -0.2) is 15.0 Å². The van der Waals surface area contributed by atoms with Gasteiger partial charge in [0.25, 0.3) is 5.91 Å². The minimum atomic E-state index is 0.0167. The molecule has 1 aliphatic heterocycles. The van der Waals surface area contributed by atoms with E-state index in [9.17, 15) is 10.1 Å². The Morgan fingerprint density at radius 1 is 1.22 bits per heavy atom. The normalized spacial score (nSPS) is 14.1. The van der Waals surface area contributed by atoms with E-state index >= 15 is 0 Å². The Kier molecular flexibility index (Phi) is 6.30. The van der Waals surface area contributed by atoms with Crippen LogP contribution in [0.2, 0.25) is 0 Å². The molecule has 0 saturated carbocycles. The molecule has 2 aromatic heterocycles. The van der Waals surface area contributed by atoms with E-state index < -0.39 is 0 Å². The van der Waals surface area contributed by atoms with Gasteiger partial charge in [0.2, 0.25) is 5.95 Å². The fraction of sp³-hybridized carbons (Fsp3) is 0.318. The zero-order valence-electron chi connectivity index (χ0n) is 18.2. The zero-order valence-corrected chi connectivity index (χ0v) is 19.0. The number of hydrogen-bond donors (Lipinski definition) is 2. The van der Waals surface area contributed by atoms with Crippen LogP contribution < -0.4 is 10.6 Å². The quantitative estimate of drug-likeness (QED) is 0.613. The summed E-state index contributed by atoms with van der Waals surface area (Å²) in [7, 11) is 3.86. The van der Waals surface area contributed by atoms with Crippen LogP contribution in [0.4, 0.5) is 16.8 Å². The Labute approximate surface area is 190 Å². The number of carbonyl (C=O) groups is 1. The molecule has 0 aliphatic carbocycles. The van der Waals surface area contributed by atoms with Gasteiger partial charge in [0.1, 0.15) is 11.8 Å². The lowest BCUT2D eigenvalue weighted by atomic mass is 10.1. The highest BCUT2D eigenvalue weighted by Crippen LogP contribution is 2.33. The van der Waals surface area contributed by atoms with E-state index in [1.54, 1.807) is 13.1 Å². The van der Waals surface area contributed by atoms with Gasteiger partial charge in [0.15, 0.2) is 5.13 Å². The second-order valence-electron chi connectivity index (χ2n) is 7.55. The summed E-state index contributed by atoms with van der Waals surface area (Å²) in [6, 6.07) is 9.47. The molecule has 0 spiro atoms. The van der Waals surface area contributed by atoms with Crippen molar-refractivity contribution in [3.63, 3.8) is 0 Å². The number of nitrogens with zero attached hydrogens (tertiary/aromatic N) is 6. The number of amides is 1. The Morgan fingerprint density at radius 2 is 2.00 bits per heavy atom. The van der Waals surface area contributed by atoms with Crippen molar-refractivity contribution in [3.05, 3.63) is 47.3 Å². The monoisotopic (exact) mass is 448 g/mol. The van der Waals surface area contributed by atoms with Crippen molar-refractivity contribution < 1.29 is 4.79 Å². The van der Waals surface area contributed by atoms with Crippen LogP contribution in [0.5, 0.6) is 0 Å². The first-order valence-electron chi connectivity index (χ1n) is 10.3. The number of likely N-dealkylation sites (N-methyl/N-ethyl adjacent to an activating group) is 1. The van der Waals surface area contributed by atoms with Crippen molar-refractivity contribution in [2.45, 2.75) is 6.92 Å². The molecule has 9 nitrogen and oxygen atoms in total. The lowest BCUT2D eigenvalue weighted by molar-refractivity contribution is 0.0664. The highest BCUT2D eigenvalue weighted by molar-refractivity contribution is 7.19. The number of carbonyl (C=O) groups excluding carboxylic acids is 1. The van der Waals surface area contributed by atoms with Gasteiger partial charge >= 0.3 is 0 Å². The van der Waals surface area contributed by atoms with Crippen LogP contribution in [0.1, 0.15) is 21.6 Å². The smallest absolute Gasteiger partial charge is 0.254 e. The number of benzene rings is 1. The Hall–Kier alpha value is -3.55. The van der Waals surface area contributed by atoms with Crippen molar-refractivity contribution in [2.75, 3.05) is 50.9 Å². The SMILES string of the molecule is CNc1nc(C)c(-c2nc(Nc3cccc(C(=O)N4CCN(C)CC4)c3)ncc2C#N)s1. The van der Waals surface area contributed by atoms with Gasteiger partial charge in [0.05, 0.1) is 22.3 Å². The topological polar surface area (TPSA) is 110 Å². The van der Waals surface area contributed by atoms with E-state index in [0.717, 1.165) is 41.9 Å². The van der Waals surface area contributed by atoms with Crippen LogP contribution in [0, 0.1) is 18.3 Å². The second-order valence-corrected chi connectivity index (χ2v) is 8.55. The lowest BCUT2D eigenvalue weighted by Gasteiger charge is -2.32. The van der Waals surface area contributed by atoms with Gasteiger partial charge < -0.3 is 20.4 Å². The molecular weight excluding hydrogens is 424 g/mol. The fourth-order valence-corrected chi connectivity index (χ4v) is 4.39. The van der Waals surface area contributed by atoms with E-state index in [-0.39, 0.29) is 5.91 Å². The summed E-state index contributed by atoms with van der Waals surface area (Å²) in [5, 5.41) is 16.5. The maximum atomic E-state index is 12.9. The molecule has 1 amide bonds. The molecule has 4 rings (SSSR count). The third kappa shape index (κ3) is 4.54. The second kappa shape index (κ2) is 9.30. The molecule has 0 unspecified atom stereocenters. The molecule has 0 radical (unpaired) electrons. The number of aromatic nitrogens is 3. The highest BCUT2D eigenvalue weighted by Gasteiger charge is 2.21. The summed E-state index contributed by atoms with van der Waals surface area (Å²) in [4.78, 5) is 31.1. The van der Waals surface area contributed by atoms with Crippen molar-refractivity contribution in [3.8, 4) is 16.6 Å². The number of aryl methyl sites for hydroxylation is 1. The van der Waals surface area contributed by atoms with Gasteiger partial charge in [0, 0.05) is 44.5 Å². The van der Waals surface area contributed by atoms with E-state index in [4.69, 9.17) is 0 Å². The van der Waals surface area contributed by atoms with E-state index in [1.807, 2.05) is 30.0 Å². The number of piperazine rings is 1. The summed E-state index contributed by atoms with van der Waals surface area (Å²) in [6.45, 7) is 5.07. The molecule has 3 aromatic rings. The molecule has 0 atom stereocenters. The Bertz CT molecular complexity index is 1180. The summed E-state index contributed by atoms with van der Waals surface area (Å²) < 4.78 is 0. The lowest BCUT2D eigenvalue weighted by Crippen LogP contribution is -2.47. The summed E-state index contributed by atoms with van der Waals surface area (Å²) in [6.07, 6.45) is 1.50. The van der Waals surface area contributed by atoms with Gasteiger partial charge in [-0.05, 0) is 32.2 Å². The first-order valence-corrected chi connectivity index (χ1v) is 11.1. The number of nitriles is 1. The van der Waals surface area contributed by atoms with Crippen LogP contribution in [0.3, 0.4) is 0 Å². The Balaban J connectivity index is 1.58. The average Bonchev–Trinajstić information content (AvgIpc) is 3.20. The molecule has 1 aliphatic rings. The molecule has 3 heterocycles. The number of hydrogen-bond acceptors (Lipinski definition) is 9. The van der Waals surface area contributed by atoms with Gasteiger partial charge in [-0.15, -0.1) is 0 Å². The molecule has 1 fully saturated rings. The van der Waals surface area contributed by atoms with E-state index in [2.05, 4.69) is 43.6 Å². The molecule has 1 aromatic carbocycles. The predicted octanol–water partition coefficient (Wildman–Crippen LogP) is 2.95. The zero-order chi connectivity index (χ0) is 22.7. The van der Waals surface area contributed by atoms with Crippen LogP contribution in [0.15, 0.2) is 30.5 Å². The molecule has 164 valence electrons. The number of anilines is 3. The molecule has 0 bridgehead atoms. The summed E-state index contributed by atoms with van der Waals surface area (Å²) in [5.74, 6) is 0.366. The van der Waals surface area contributed by atoms with E-state index in [0.29, 0.717) is 28.5 Å². The van der Waals surface area contributed by atoms with Crippen LogP contribution >= 0.6 is 11.3 Å². The number of nitrogens with one attached hydrogen (secondary N) is 2. The first-order chi connectivity index (χ1) is 15.5. The van der Waals surface area contributed by atoms with Gasteiger partial charge in [-0.2, -0.15) is 5.26 Å². The largest absolute Gasteiger partial charge is 0.365 e. The van der Waals surface area contributed by atoms with Gasteiger partial charge in [-0.3, -0.25) is 4.79 Å². The van der Waals surface area contributed by atoms with Crippen molar-refractivity contribution in [1.82, 2.24) is 24.8 Å². The maximum absolute atomic E-state index is 12.9. The molecule has 10 heteroatoms. The minimum absolute atomic E-state index is 0.0167. The first kappa shape index (κ1) is 21.7. The van der Waals surface area contributed by atoms with Gasteiger partial charge in [-0.1, -0.05) is 17.4 Å². The summed E-state index contributed by atoms with van der Waals surface area (Å²) in [5.41, 5.74) is 3.03. The summed E-state index contributed by atoms with van der Waals surface area (Å²) >= 11 is 1.43. The highest BCUT2D eigenvalue weighted by atomic mass is 32.1. The number of rotatable bonds is 5. The predicted molar refractivity (Wildman–Crippen MR) is 125 cm³/mol. The van der Waals surface area contributed by atoms with Crippen LogP contribution in [-0.2, 0) is 0 Å². The molecular formula is C22H24N8OS. The van der Waals surface area contributed by atoms with Crippen LogP contribution in [-0.4, -0.2) is 70.9 Å². The minimum Gasteiger partial charge on any atom is -0.365 e. The third-order valence-electron chi connectivity index (χ3n) is 5.29. The van der Waals surface area contributed by atoms with Crippen molar-refractivity contribution in [1.29, 1.82) is 5.26 Å². The standard InChI is InChI=1S/C22H24N8OS/c1-14-19(32-22(24-2)26-14)18-16(12-23)13-25-21(28-18)27-17-6-4-5-15(11-17)20(31)30-9-7-29(3)8-10-30/h4-6,11,13H,7-10H2,1-3H3,(H,24,26)(H,25,27,28). The van der Waals surface area contributed by atoms with Crippen molar-refractivity contribution >= 4 is 34.0 Å². The molecule has 32 heavy (non-hydrogen) atoms. The average molecular weight is 449 g/mol. The van der Waals surface area contributed by atoms with Crippen LogP contribution in [0.25, 0.3) is 10.6 Å². The Morgan fingerprint density at radius 3 is 2.69 bits per heavy atom.